The van der Waals surface area contributed by atoms with Crippen molar-refractivity contribution < 1.29 is 18.7 Å². The molecular formula is C14H17F2NO2. The van der Waals surface area contributed by atoms with Crippen molar-refractivity contribution in [2.24, 2.45) is 5.92 Å². The standard InChI is InChI=1S/C14H17F2NO2/c1-14(8-18,10-5-6-10)17-12(19)7-9-3-2-4-11(15)13(9)16/h2-4,10,18H,5-8H2,1H3,(H,17,19)/t14-/m0/s1. The molecular weight excluding hydrogens is 252 g/mol. The number of aliphatic hydroxyl groups is 1. The summed E-state index contributed by atoms with van der Waals surface area (Å²) < 4.78 is 26.5. The van der Waals surface area contributed by atoms with E-state index in [1.165, 1.54) is 12.1 Å². The van der Waals surface area contributed by atoms with Gasteiger partial charge in [0.2, 0.25) is 5.91 Å². The van der Waals surface area contributed by atoms with Crippen molar-refractivity contribution in [1.82, 2.24) is 5.32 Å². The van der Waals surface area contributed by atoms with Gasteiger partial charge in [0.25, 0.3) is 0 Å². The van der Waals surface area contributed by atoms with Gasteiger partial charge in [-0.25, -0.2) is 8.78 Å². The van der Waals surface area contributed by atoms with Gasteiger partial charge < -0.3 is 10.4 Å². The van der Waals surface area contributed by atoms with Gasteiger partial charge in [0, 0.05) is 5.56 Å². The van der Waals surface area contributed by atoms with Gasteiger partial charge in [0.1, 0.15) is 0 Å². The van der Waals surface area contributed by atoms with Crippen molar-refractivity contribution in [2.75, 3.05) is 6.61 Å². The van der Waals surface area contributed by atoms with Crippen LogP contribution in [-0.2, 0) is 11.2 Å². The molecule has 2 N–H and O–H groups in total. The van der Waals surface area contributed by atoms with E-state index in [0.29, 0.717) is 0 Å². The minimum atomic E-state index is -0.991. The maximum absolute atomic E-state index is 13.4. The average molecular weight is 269 g/mol. The molecule has 1 aromatic carbocycles. The molecule has 0 aromatic heterocycles. The Morgan fingerprint density at radius 2 is 2.16 bits per heavy atom. The smallest absolute Gasteiger partial charge is 0.225 e. The van der Waals surface area contributed by atoms with Crippen LogP contribution in [0.4, 0.5) is 8.78 Å². The van der Waals surface area contributed by atoms with Crippen LogP contribution in [0.3, 0.4) is 0 Å². The van der Waals surface area contributed by atoms with Crippen molar-refractivity contribution in [3.63, 3.8) is 0 Å². The van der Waals surface area contributed by atoms with E-state index in [1.54, 1.807) is 6.92 Å². The van der Waals surface area contributed by atoms with E-state index in [1.807, 2.05) is 0 Å². The topological polar surface area (TPSA) is 49.3 Å². The quantitative estimate of drug-likeness (QED) is 0.856. The van der Waals surface area contributed by atoms with Gasteiger partial charge in [0.15, 0.2) is 11.6 Å². The second-order valence-corrected chi connectivity index (χ2v) is 5.29. The molecule has 3 nitrogen and oxygen atoms in total. The van der Waals surface area contributed by atoms with Gasteiger partial charge in [-0.3, -0.25) is 4.79 Å². The predicted molar refractivity (Wildman–Crippen MR) is 66.4 cm³/mol. The number of rotatable bonds is 5. The number of carbonyl (C=O) groups excluding carboxylic acids is 1. The Kier molecular flexibility index (Phi) is 3.85. The molecule has 0 aliphatic heterocycles. The molecule has 0 bridgehead atoms. The van der Waals surface area contributed by atoms with E-state index < -0.39 is 23.1 Å². The predicted octanol–water partition coefficient (Wildman–Crippen LogP) is 1.78. The summed E-state index contributed by atoms with van der Waals surface area (Å²) in [5, 5.41) is 12.1. The summed E-state index contributed by atoms with van der Waals surface area (Å²) in [6, 6.07) is 3.76. The molecule has 0 unspecified atom stereocenters. The van der Waals surface area contributed by atoms with Crippen LogP contribution >= 0.6 is 0 Å². The summed E-state index contributed by atoms with van der Waals surface area (Å²) in [6.45, 7) is 1.61. The molecule has 104 valence electrons. The fourth-order valence-electron chi connectivity index (χ4n) is 2.21. The van der Waals surface area contributed by atoms with Crippen LogP contribution < -0.4 is 5.32 Å². The van der Waals surface area contributed by atoms with Crippen molar-refractivity contribution in [3.05, 3.63) is 35.4 Å². The third-order valence-electron chi connectivity index (χ3n) is 3.61. The van der Waals surface area contributed by atoms with Gasteiger partial charge in [-0.2, -0.15) is 0 Å². The third kappa shape index (κ3) is 3.10. The van der Waals surface area contributed by atoms with E-state index in [2.05, 4.69) is 5.32 Å². The van der Waals surface area contributed by atoms with E-state index in [0.717, 1.165) is 18.9 Å². The Bertz CT molecular complexity index is 488. The van der Waals surface area contributed by atoms with Gasteiger partial charge in [-0.1, -0.05) is 12.1 Å². The van der Waals surface area contributed by atoms with Gasteiger partial charge in [0.05, 0.1) is 18.6 Å². The first kappa shape index (κ1) is 13.9. The van der Waals surface area contributed by atoms with Crippen LogP contribution in [0.15, 0.2) is 18.2 Å². The van der Waals surface area contributed by atoms with Crippen LogP contribution in [0.1, 0.15) is 25.3 Å². The highest BCUT2D eigenvalue weighted by molar-refractivity contribution is 5.79. The molecule has 1 aromatic rings. The van der Waals surface area contributed by atoms with E-state index >= 15 is 0 Å². The maximum atomic E-state index is 13.4. The third-order valence-corrected chi connectivity index (χ3v) is 3.61. The number of carbonyl (C=O) groups is 1. The fraction of sp³-hybridized carbons (Fsp3) is 0.500. The first-order chi connectivity index (χ1) is 8.96. The number of hydrogen-bond donors (Lipinski definition) is 2. The highest BCUT2D eigenvalue weighted by Gasteiger charge is 2.42. The second-order valence-electron chi connectivity index (χ2n) is 5.29. The lowest BCUT2D eigenvalue weighted by Crippen LogP contribution is -2.51. The zero-order valence-corrected chi connectivity index (χ0v) is 10.7. The molecule has 2 rings (SSSR count). The van der Waals surface area contributed by atoms with Gasteiger partial charge >= 0.3 is 0 Å². The Balaban J connectivity index is 2.03. The number of hydrogen-bond acceptors (Lipinski definition) is 2. The molecule has 1 atom stereocenters. The van der Waals surface area contributed by atoms with Crippen molar-refractivity contribution in [3.8, 4) is 0 Å². The van der Waals surface area contributed by atoms with Crippen LogP contribution in [0.25, 0.3) is 0 Å². The lowest BCUT2D eigenvalue weighted by molar-refractivity contribution is -0.123. The minimum absolute atomic E-state index is 0.0218. The molecule has 1 fully saturated rings. The second kappa shape index (κ2) is 5.25. The molecule has 19 heavy (non-hydrogen) atoms. The Morgan fingerprint density at radius 1 is 1.47 bits per heavy atom. The Hall–Kier alpha value is -1.49. The maximum Gasteiger partial charge on any atom is 0.225 e. The van der Waals surface area contributed by atoms with Crippen LogP contribution in [0.5, 0.6) is 0 Å². The van der Waals surface area contributed by atoms with E-state index in [-0.39, 0.29) is 24.5 Å². The molecule has 1 amide bonds. The Labute approximate surface area is 110 Å². The number of benzene rings is 1. The zero-order valence-electron chi connectivity index (χ0n) is 10.7. The number of halogens is 2. The molecule has 1 saturated carbocycles. The summed E-state index contributed by atoms with van der Waals surface area (Å²) in [4.78, 5) is 11.9. The van der Waals surface area contributed by atoms with Crippen LogP contribution in [-0.4, -0.2) is 23.2 Å². The fourth-order valence-corrected chi connectivity index (χ4v) is 2.21. The van der Waals surface area contributed by atoms with E-state index in [4.69, 9.17) is 0 Å². The SMILES string of the molecule is C[C@@](CO)(NC(=O)Cc1cccc(F)c1F)C1CC1. The average Bonchev–Trinajstić information content (AvgIpc) is 3.19. The number of aliphatic hydroxyl groups excluding tert-OH is 1. The molecule has 1 aliphatic carbocycles. The molecule has 0 radical (unpaired) electrons. The summed E-state index contributed by atoms with van der Waals surface area (Å²) >= 11 is 0. The monoisotopic (exact) mass is 269 g/mol. The molecule has 0 spiro atoms. The molecule has 0 heterocycles. The Morgan fingerprint density at radius 3 is 2.74 bits per heavy atom. The molecule has 1 aliphatic rings. The summed E-state index contributed by atoms with van der Waals surface area (Å²) in [5.41, 5.74) is -0.644. The largest absolute Gasteiger partial charge is 0.394 e. The van der Waals surface area contributed by atoms with E-state index in [9.17, 15) is 18.7 Å². The summed E-state index contributed by atoms with van der Waals surface area (Å²) in [6.07, 6.45) is 1.70. The van der Waals surface area contributed by atoms with Gasteiger partial charge in [-0.05, 0) is 31.7 Å². The minimum Gasteiger partial charge on any atom is -0.394 e. The summed E-state index contributed by atoms with van der Waals surface area (Å²) in [7, 11) is 0. The highest BCUT2D eigenvalue weighted by Crippen LogP contribution is 2.39. The highest BCUT2D eigenvalue weighted by atomic mass is 19.2. The zero-order chi connectivity index (χ0) is 14.0. The van der Waals surface area contributed by atoms with Crippen molar-refractivity contribution in [1.29, 1.82) is 0 Å². The first-order valence-corrected chi connectivity index (χ1v) is 6.31. The lowest BCUT2D eigenvalue weighted by Gasteiger charge is -2.28. The lowest BCUT2D eigenvalue weighted by atomic mass is 9.96. The first-order valence-electron chi connectivity index (χ1n) is 6.31. The molecule has 0 saturated heterocycles. The number of nitrogens with one attached hydrogen (secondary N) is 1. The normalized spacial score (nSPS) is 17.9. The van der Waals surface area contributed by atoms with Crippen molar-refractivity contribution >= 4 is 5.91 Å². The van der Waals surface area contributed by atoms with Gasteiger partial charge in [-0.15, -0.1) is 0 Å². The van der Waals surface area contributed by atoms with Crippen molar-refractivity contribution in [2.45, 2.75) is 31.7 Å². The molecule has 5 heteroatoms. The van der Waals surface area contributed by atoms with Crippen LogP contribution in [0.2, 0.25) is 0 Å². The summed E-state index contributed by atoms with van der Waals surface area (Å²) in [5.74, 6) is -2.10. The van der Waals surface area contributed by atoms with Crippen LogP contribution in [0, 0.1) is 17.6 Å². The number of amides is 1.